The Morgan fingerprint density at radius 3 is 2.23 bits per heavy atom. The molecule has 0 aliphatic heterocycles. The number of aliphatic imine (C=N–C) groups is 1. The number of carbonyl (C=O) groups excluding carboxylic acids is 1. The first-order valence-corrected chi connectivity index (χ1v) is 10.2. The Balaban J connectivity index is 0.00000900. The van der Waals surface area contributed by atoms with Crippen molar-refractivity contribution in [3.63, 3.8) is 0 Å². The molecule has 1 aromatic carbocycles. The largest absolute Gasteiger partial charge is 0.493 e. The Hall–Kier alpha value is -1.91. The molecule has 178 valence electrons. The average molecular weight is 550 g/mol. The Morgan fingerprint density at radius 1 is 1.03 bits per heavy atom. The molecule has 31 heavy (non-hydrogen) atoms. The smallest absolute Gasteiger partial charge is 0.408 e. The van der Waals surface area contributed by atoms with Crippen molar-refractivity contribution in [2.75, 3.05) is 34.4 Å². The fourth-order valence-corrected chi connectivity index (χ4v) is 2.68. The highest BCUT2D eigenvalue weighted by atomic mass is 127. The molecule has 1 rings (SSSR count). The van der Waals surface area contributed by atoms with E-state index in [-0.39, 0.29) is 24.0 Å². The van der Waals surface area contributed by atoms with Gasteiger partial charge in [0.15, 0.2) is 17.5 Å². The van der Waals surface area contributed by atoms with E-state index in [0.29, 0.717) is 12.5 Å². The van der Waals surface area contributed by atoms with Crippen LogP contribution in [0.5, 0.6) is 11.5 Å². The molecular weight excluding hydrogens is 511 g/mol. The number of nitrogens with one attached hydrogen (secondary N) is 3. The molecule has 3 N–H and O–H groups in total. The van der Waals surface area contributed by atoms with Crippen molar-refractivity contribution in [3.05, 3.63) is 23.8 Å². The summed E-state index contributed by atoms with van der Waals surface area (Å²) < 4.78 is 15.9. The van der Waals surface area contributed by atoms with Crippen LogP contribution in [-0.4, -0.2) is 57.5 Å². The van der Waals surface area contributed by atoms with Gasteiger partial charge in [-0.05, 0) is 65.2 Å². The molecule has 0 atom stereocenters. The van der Waals surface area contributed by atoms with Gasteiger partial charge in [0.1, 0.15) is 5.60 Å². The van der Waals surface area contributed by atoms with Crippen molar-refractivity contribution in [3.8, 4) is 11.5 Å². The highest BCUT2D eigenvalue weighted by molar-refractivity contribution is 14.0. The number of benzene rings is 1. The number of alkyl carbamates (subject to hydrolysis) is 1. The minimum absolute atomic E-state index is 0. The predicted octanol–water partition coefficient (Wildman–Crippen LogP) is 3.72. The summed E-state index contributed by atoms with van der Waals surface area (Å²) >= 11 is 0. The summed E-state index contributed by atoms with van der Waals surface area (Å²) in [7, 11) is 4.99. The average Bonchev–Trinajstić information content (AvgIpc) is 2.65. The summed E-state index contributed by atoms with van der Waals surface area (Å²) in [5, 5.41) is 9.41. The number of guanidine groups is 1. The number of rotatable bonds is 9. The number of hydrogen-bond acceptors (Lipinski definition) is 5. The topological polar surface area (TPSA) is 93.2 Å². The number of ether oxygens (including phenoxy) is 3. The van der Waals surface area contributed by atoms with Gasteiger partial charge in [-0.1, -0.05) is 6.07 Å². The predicted molar refractivity (Wildman–Crippen MR) is 136 cm³/mol. The third-order valence-corrected chi connectivity index (χ3v) is 4.14. The monoisotopic (exact) mass is 550 g/mol. The first kappa shape index (κ1) is 29.1. The van der Waals surface area contributed by atoms with E-state index >= 15 is 0 Å². The maximum Gasteiger partial charge on any atom is 0.408 e. The summed E-state index contributed by atoms with van der Waals surface area (Å²) in [5.41, 5.74) is 0.152. The maximum atomic E-state index is 12.0. The molecular formula is C22H39IN4O4. The van der Waals surface area contributed by atoms with Crippen molar-refractivity contribution in [2.45, 2.75) is 58.6 Å². The minimum atomic E-state index is -0.529. The van der Waals surface area contributed by atoms with Gasteiger partial charge >= 0.3 is 6.09 Å². The van der Waals surface area contributed by atoms with E-state index in [0.717, 1.165) is 30.9 Å². The molecule has 0 unspecified atom stereocenters. The molecule has 0 fully saturated rings. The van der Waals surface area contributed by atoms with Crippen molar-refractivity contribution >= 4 is 36.0 Å². The van der Waals surface area contributed by atoms with Crippen LogP contribution in [0.15, 0.2) is 23.2 Å². The van der Waals surface area contributed by atoms with Crippen molar-refractivity contribution < 1.29 is 19.0 Å². The Morgan fingerprint density at radius 2 is 1.68 bits per heavy atom. The summed E-state index contributed by atoms with van der Waals surface area (Å²) in [6.45, 7) is 10.6. The van der Waals surface area contributed by atoms with Crippen LogP contribution >= 0.6 is 24.0 Å². The first-order chi connectivity index (χ1) is 14.0. The van der Waals surface area contributed by atoms with Crippen LogP contribution in [0.1, 0.15) is 46.6 Å². The molecule has 1 amide bonds. The Bertz CT molecular complexity index is 718. The third kappa shape index (κ3) is 11.9. The van der Waals surface area contributed by atoms with E-state index in [4.69, 9.17) is 14.2 Å². The van der Waals surface area contributed by atoms with Gasteiger partial charge in [-0.15, -0.1) is 24.0 Å². The number of aryl methyl sites for hydroxylation is 1. The molecule has 0 aromatic heterocycles. The molecule has 1 aromatic rings. The van der Waals surface area contributed by atoms with Crippen LogP contribution < -0.4 is 25.4 Å². The SMILES string of the molecule is CN=C(NCCCc1ccc(OC)c(OC)c1)NCC(C)(C)NC(=O)OC(C)(C)C.I. The van der Waals surface area contributed by atoms with Gasteiger partial charge < -0.3 is 30.2 Å². The fourth-order valence-electron chi connectivity index (χ4n) is 2.68. The van der Waals surface area contributed by atoms with Gasteiger partial charge in [0.25, 0.3) is 0 Å². The molecule has 0 bridgehead atoms. The normalized spacial score (nSPS) is 11.8. The highest BCUT2D eigenvalue weighted by Gasteiger charge is 2.24. The van der Waals surface area contributed by atoms with E-state index in [1.165, 1.54) is 5.56 Å². The lowest BCUT2D eigenvalue weighted by atomic mass is 10.1. The quantitative estimate of drug-likeness (QED) is 0.188. The molecule has 9 heteroatoms. The molecule has 0 heterocycles. The molecule has 8 nitrogen and oxygen atoms in total. The van der Waals surface area contributed by atoms with Crippen LogP contribution in [-0.2, 0) is 11.2 Å². The minimum Gasteiger partial charge on any atom is -0.493 e. The van der Waals surface area contributed by atoms with Crippen LogP contribution in [0.4, 0.5) is 4.79 Å². The van der Waals surface area contributed by atoms with Gasteiger partial charge in [0.2, 0.25) is 0 Å². The first-order valence-electron chi connectivity index (χ1n) is 10.2. The van der Waals surface area contributed by atoms with E-state index in [9.17, 15) is 4.79 Å². The number of nitrogens with zero attached hydrogens (tertiary/aromatic N) is 1. The second-order valence-corrected chi connectivity index (χ2v) is 8.66. The molecule has 0 saturated heterocycles. The number of methoxy groups -OCH3 is 2. The number of amides is 1. The van der Waals surface area contributed by atoms with E-state index < -0.39 is 17.2 Å². The zero-order valence-corrected chi connectivity index (χ0v) is 22.4. The molecule has 0 saturated carbocycles. The van der Waals surface area contributed by atoms with E-state index in [1.54, 1.807) is 21.3 Å². The number of carbonyl (C=O) groups is 1. The zero-order chi connectivity index (χ0) is 22.8. The van der Waals surface area contributed by atoms with Crippen molar-refractivity contribution in [1.29, 1.82) is 0 Å². The van der Waals surface area contributed by atoms with Gasteiger partial charge in [0, 0.05) is 20.1 Å². The van der Waals surface area contributed by atoms with Crippen LogP contribution in [0.2, 0.25) is 0 Å². The van der Waals surface area contributed by atoms with Gasteiger partial charge in [-0.3, -0.25) is 4.99 Å². The molecule has 0 aliphatic rings. The Kier molecular flexibility index (Phi) is 12.7. The number of halogens is 1. The molecule has 0 radical (unpaired) electrons. The summed E-state index contributed by atoms with van der Waals surface area (Å²) in [5.74, 6) is 2.15. The maximum absolute atomic E-state index is 12.0. The van der Waals surface area contributed by atoms with Crippen LogP contribution in [0, 0.1) is 0 Å². The lowest BCUT2D eigenvalue weighted by Gasteiger charge is -2.29. The van der Waals surface area contributed by atoms with E-state index in [2.05, 4.69) is 20.9 Å². The summed E-state index contributed by atoms with van der Waals surface area (Å²) in [4.78, 5) is 16.2. The Labute approximate surface area is 203 Å². The van der Waals surface area contributed by atoms with Crippen molar-refractivity contribution in [2.24, 2.45) is 4.99 Å². The molecule has 0 spiro atoms. The summed E-state index contributed by atoms with van der Waals surface area (Å²) in [6, 6.07) is 5.96. The van der Waals surface area contributed by atoms with Crippen LogP contribution in [0.25, 0.3) is 0 Å². The van der Waals surface area contributed by atoms with Gasteiger partial charge in [-0.25, -0.2) is 4.79 Å². The second-order valence-electron chi connectivity index (χ2n) is 8.66. The fraction of sp³-hybridized carbons (Fsp3) is 0.636. The highest BCUT2D eigenvalue weighted by Crippen LogP contribution is 2.27. The van der Waals surface area contributed by atoms with Gasteiger partial charge in [-0.2, -0.15) is 0 Å². The van der Waals surface area contributed by atoms with Crippen molar-refractivity contribution in [1.82, 2.24) is 16.0 Å². The zero-order valence-electron chi connectivity index (χ0n) is 20.0. The summed E-state index contributed by atoms with van der Waals surface area (Å²) in [6.07, 6.45) is 1.39. The van der Waals surface area contributed by atoms with Crippen LogP contribution in [0.3, 0.4) is 0 Å². The second kappa shape index (κ2) is 13.5. The lowest BCUT2D eigenvalue weighted by molar-refractivity contribution is 0.0474. The number of hydrogen-bond donors (Lipinski definition) is 3. The lowest BCUT2D eigenvalue weighted by Crippen LogP contribution is -2.54. The standard InChI is InChI=1S/C22H38N4O4.HI/c1-21(2,3)30-20(27)26-22(4,5)15-25-19(23-6)24-13-9-10-16-11-12-17(28-7)18(14-16)29-8;/h11-12,14H,9-10,13,15H2,1-8H3,(H,26,27)(H2,23,24,25);1H. The third-order valence-electron chi connectivity index (χ3n) is 4.14. The van der Waals surface area contributed by atoms with E-state index in [1.807, 2.05) is 52.8 Å². The molecule has 0 aliphatic carbocycles. The van der Waals surface area contributed by atoms with Gasteiger partial charge in [0.05, 0.1) is 19.8 Å².